The summed E-state index contributed by atoms with van der Waals surface area (Å²) in [6, 6.07) is 4.56. The summed E-state index contributed by atoms with van der Waals surface area (Å²) in [7, 11) is 1.77. The van der Waals surface area contributed by atoms with Crippen molar-refractivity contribution < 1.29 is 13.9 Å². The molecule has 4 nitrogen and oxygen atoms in total. The van der Waals surface area contributed by atoms with Gasteiger partial charge in [0.15, 0.2) is 0 Å². The number of nitrogens with one attached hydrogen (secondary N) is 1. The van der Waals surface area contributed by atoms with Crippen molar-refractivity contribution >= 4 is 5.91 Å². The van der Waals surface area contributed by atoms with E-state index in [0.29, 0.717) is 26.1 Å². The van der Waals surface area contributed by atoms with E-state index in [4.69, 9.17) is 4.74 Å². The van der Waals surface area contributed by atoms with E-state index in [-0.39, 0.29) is 17.8 Å². The summed E-state index contributed by atoms with van der Waals surface area (Å²) in [6.07, 6.45) is 0.647. The number of ether oxygens (including phenoxy) is 1. The van der Waals surface area contributed by atoms with Crippen molar-refractivity contribution in [3.63, 3.8) is 0 Å². The van der Waals surface area contributed by atoms with Gasteiger partial charge in [-0.2, -0.15) is 0 Å². The molecule has 1 aliphatic rings. The molecule has 0 saturated carbocycles. The fraction of sp³-hybridized carbons (Fsp3) is 0.500. The molecule has 1 aromatic carbocycles. The molecule has 1 atom stereocenters. The fourth-order valence-electron chi connectivity index (χ4n) is 2.05. The molecule has 5 heteroatoms. The lowest BCUT2D eigenvalue weighted by Gasteiger charge is -2.16. The molecule has 0 radical (unpaired) electrons. The van der Waals surface area contributed by atoms with Gasteiger partial charge in [-0.15, -0.1) is 0 Å². The Hall–Kier alpha value is -1.62. The van der Waals surface area contributed by atoms with Crippen molar-refractivity contribution in [2.75, 3.05) is 26.7 Å². The highest BCUT2D eigenvalue weighted by Crippen LogP contribution is 2.28. The summed E-state index contributed by atoms with van der Waals surface area (Å²) < 4.78 is 18.7. The molecule has 0 spiro atoms. The third kappa shape index (κ3) is 3.44. The molecule has 1 amide bonds. The zero-order valence-electron chi connectivity index (χ0n) is 11.3. The van der Waals surface area contributed by atoms with Crippen LogP contribution in [-0.4, -0.2) is 43.6 Å². The van der Waals surface area contributed by atoms with Crippen LogP contribution in [0.3, 0.4) is 0 Å². The third-order valence-corrected chi connectivity index (χ3v) is 3.31. The lowest BCUT2D eigenvalue weighted by Crippen LogP contribution is -2.39. The maximum absolute atomic E-state index is 13.1. The molecule has 0 bridgehead atoms. The number of rotatable bonds is 5. The largest absolute Gasteiger partial charge is 0.488 e. The first kappa shape index (κ1) is 13.8. The molecule has 19 heavy (non-hydrogen) atoms. The van der Waals surface area contributed by atoms with E-state index in [1.165, 1.54) is 12.1 Å². The highest BCUT2D eigenvalue weighted by atomic mass is 19.1. The zero-order chi connectivity index (χ0) is 13.8. The molecule has 1 aliphatic heterocycles. The molecule has 104 valence electrons. The minimum absolute atomic E-state index is 0.0310. The van der Waals surface area contributed by atoms with Crippen molar-refractivity contribution in [3.8, 4) is 5.75 Å². The topological polar surface area (TPSA) is 41.6 Å². The van der Waals surface area contributed by atoms with Gasteiger partial charge < -0.3 is 15.0 Å². The number of benzene rings is 1. The van der Waals surface area contributed by atoms with Crippen molar-refractivity contribution in [2.45, 2.75) is 19.4 Å². The summed E-state index contributed by atoms with van der Waals surface area (Å²) in [4.78, 5) is 13.2. The van der Waals surface area contributed by atoms with Gasteiger partial charge in [-0.1, -0.05) is 0 Å². The minimum Gasteiger partial charge on any atom is -0.488 e. The van der Waals surface area contributed by atoms with E-state index in [2.05, 4.69) is 5.32 Å². The van der Waals surface area contributed by atoms with Gasteiger partial charge in [0.25, 0.3) is 0 Å². The molecule has 2 rings (SSSR count). The van der Waals surface area contributed by atoms with Gasteiger partial charge in [0.1, 0.15) is 17.7 Å². The maximum atomic E-state index is 13.1. The predicted molar refractivity (Wildman–Crippen MR) is 70.7 cm³/mol. The van der Waals surface area contributed by atoms with Crippen molar-refractivity contribution in [1.29, 1.82) is 0 Å². The fourth-order valence-corrected chi connectivity index (χ4v) is 2.05. The predicted octanol–water partition coefficient (Wildman–Crippen LogP) is 1.20. The number of carbonyl (C=O) groups is 1. The molecular formula is C14H19FN2O2. The summed E-state index contributed by atoms with van der Waals surface area (Å²) >= 11 is 0. The lowest BCUT2D eigenvalue weighted by molar-refractivity contribution is -0.128. The Balaban J connectivity index is 1.77. The normalized spacial score (nSPS) is 16.9. The van der Waals surface area contributed by atoms with Gasteiger partial charge in [-0.05, 0) is 25.1 Å². The quantitative estimate of drug-likeness (QED) is 0.870. The molecule has 0 aromatic heterocycles. The van der Waals surface area contributed by atoms with Gasteiger partial charge in [-0.3, -0.25) is 4.79 Å². The monoisotopic (exact) mass is 266 g/mol. The summed E-state index contributed by atoms with van der Waals surface area (Å²) in [5.41, 5.74) is 0.892. The standard InChI is InChI=1S/C14H19FN2O2/c1-3-17(2)14(18)9-16-8-12-7-10-6-11(15)4-5-13(10)19-12/h4-6,12,16H,3,7-9H2,1-2H3. The highest BCUT2D eigenvalue weighted by molar-refractivity contribution is 5.77. The van der Waals surface area contributed by atoms with E-state index in [0.717, 1.165) is 11.3 Å². The van der Waals surface area contributed by atoms with Gasteiger partial charge >= 0.3 is 0 Å². The Kier molecular flexibility index (Phi) is 4.37. The van der Waals surface area contributed by atoms with Gasteiger partial charge in [0, 0.05) is 32.1 Å². The van der Waals surface area contributed by atoms with E-state index in [1.54, 1.807) is 18.0 Å². The average Bonchev–Trinajstić information content (AvgIpc) is 2.79. The third-order valence-electron chi connectivity index (χ3n) is 3.31. The molecular weight excluding hydrogens is 247 g/mol. The van der Waals surface area contributed by atoms with Crippen LogP contribution in [0.25, 0.3) is 0 Å². The zero-order valence-corrected chi connectivity index (χ0v) is 11.3. The first-order valence-electron chi connectivity index (χ1n) is 6.50. The summed E-state index contributed by atoms with van der Waals surface area (Å²) in [6.45, 7) is 3.52. The van der Waals surface area contributed by atoms with Crippen LogP contribution >= 0.6 is 0 Å². The number of hydrogen-bond acceptors (Lipinski definition) is 3. The number of amides is 1. The summed E-state index contributed by atoms with van der Waals surface area (Å²) in [5.74, 6) is 0.560. The van der Waals surface area contributed by atoms with E-state index >= 15 is 0 Å². The van der Waals surface area contributed by atoms with Crippen molar-refractivity contribution in [2.24, 2.45) is 0 Å². The van der Waals surface area contributed by atoms with Crippen LogP contribution in [0.15, 0.2) is 18.2 Å². The molecule has 0 fully saturated rings. The Labute approximate surface area is 112 Å². The van der Waals surface area contributed by atoms with Crippen molar-refractivity contribution in [1.82, 2.24) is 10.2 Å². The molecule has 0 aliphatic carbocycles. The van der Waals surface area contributed by atoms with Crippen LogP contribution < -0.4 is 10.1 Å². The van der Waals surface area contributed by atoms with Crippen LogP contribution in [0, 0.1) is 5.82 Å². The second kappa shape index (κ2) is 6.02. The summed E-state index contributed by atoms with van der Waals surface area (Å²) in [5, 5.41) is 3.08. The number of nitrogens with zero attached hydrogens (tertiary/aromatic N) is 1. The molecule has 1 heterocycles. The number of halogens is 1. The molecule has 1 aromatic rings. The van der Waals surface area contributed by atoms with Crippen molar-refractivity contribution in [3.05, 3.63) is 29.6 Å². The van der Waals surface area contributed by atoms with Crippen LogP contribution in [0.2, 0.25) is 0 Å². The van der Waals surface area contributed by atoms with E-state index in [9.17, 15) is 9.18 Å². The molecule has 0 saturated heterocycles. The number of hydrogen-bond donors (Lipinski definition) is 1. The first-order valence-corrected chi connectivity index (χ1v) is 6.50. The Bertz CT molecular complexity index is 465. The first-order chi connectivity index (χ1) is 9.10. The van der Waals surface area contributed by atoms with Gasteiger partial charge in [0.2, 0.25) is 5.91 Å². The molecule has 1 unspecified atom stereocenters. The van der Waals surface area contributed by atoms with E-state index < -0.39 is 0 Å². The lowest BCUT2D eigenvalue weighted by atomic mass is 10.1. The van der Waals surface area contributed by atoms with Gasteiger partial charge in [-0.25, -0.2) is 4.39 Å². The highest BCUT2D eigenvalue weighted by Gasteiger charge is 2.23. The Morgan fingerprint density at radius 3 is 3.11 bits per heavy atom. The van der Waals surface area contributed by atoms with E-state index in [1.807, 2.05) is 6.92 Å². The number of fused-ring (bicyclic) bond motifs is 1. The van der Waals surface area contributed by atoms with Crippen LogP contribution in [0.5, 0.6) is 5.75 Å². The maximum Gasteiger partial charge on any atom is 0.236 e. The molecule has 1 N–H and O–H groups in total. The second-order valence-electron chi connectivity index (χ2n) is 4.73. The second-order valence-corrected chi connectivity index (χ2v) is 4.73. The average molecular weight is 266 g/mol. The smallest absolute Gasteiger partial charge is 0.236 e. The van der Waals surface area contributed by atoms with Crippen LogP contribution in [0.4, 0.5) is 4.39 Å². The minimum atomic E-state index is -0.240. The number of carbonyl (C=O) groups excluding carboxylic acids is 1. The van der Waals surface area contributed by atoms with Gasteiger partial charge in [0.05, 0.1) is 6.54 Å². The SMILES string of the molecule is CCN(C)C(=O)CNCC1Cc2cc(F)ccc2O1. The Morgan fingerprint density at radius 1 is 1.58 bits per heavy atom. The van der Waals surface area contributed by atoms with Crippen LogP contribution in [0.1, 0.15) is 12.5 Å². The Morgan fingerprint density at radius 2 is 2.37 bits per heavy atom. The van der Waals surface area contributed by atoms with Crippen LogP contribution in [-0.2, 0) is 11.2 Å². The number of likely N-dealkylation sites (N-methyl/N-ethyl adjacent to an activating group) is 1.